The van der Waals surface area contributed by atoms with E-state index in [4.69, 9.17) is 5.73 Å². The van der Waals surface area contributed by atoms with Crippen LogP contribution in [-0.2, 0) is 10.0 Å². The van der Waals surface area contributed by atoms with Gasteiger partial charge in [0.05, 0.1) is 0 Å². The Labute approximate surface area is 113 Å². The van der Waals surface area contributed by atoms with Gasteiger partial charge in [-0.25, -0.2) is 22.5 Å². The van der Waals surface area contributed by atoms with Crippen molar-refractivity contribution in [2.24, 2.45) is 11.7 Å². The number of nitrogens with one attached hydrogen (secondary N) is 1. The second kappa shape index (κ2) is 5.94. The van der Waals surface area contributed by atoms with Gasteiger partial charge in [-0.2, -0.15) is 0 Å². The molecule has 0 spiro atoms. The highest BCUT2D eigenvalue weighted by molar-refractivity contribution is 7.89. The topological polar surface area (TPSA) is 85.1 Å². The number of nitrogens with two attached hydrogens (primary N) is 1. The number of halogens is 1. The molecular formula is C12H20FN3O2S. The predicted octanol–water partition coefficient (Wildman–Crippen LogP) is 1.26. The molecule has 1 atom stereocenters. The van der Waals surface area contributed by atoms with Gasteiger partial charge in [0.15, 0.2) is 5.82 Å². The van der Waals surface area contributed by atoms with Crippen LogP contribution in [0.25, 0.3) is 0 Å². The van der Waals surface area contributed by atoms with Crippen LogP contribution in [0, 0.1) is 11.7 Å². The Morgan fingerprint density at radius 3 is 2.63 bits per heavy atom. The minimum atomic E-state index is -4.02. The first-order valence-corrected chi connectivity index (χ1v) is 7.53. The summed E-state index contributed by atoms with van der Waals surface area (Å²) in [5.74, 6) is -0.622. The summed E-state index contributed by atoms with van der Waals surface area (Å²) in [6.45, 7) is 5.75. The number of hydrogen-bond acceptors (Lipinski definition) is 4. The van der Waals surface area contributed by atoms with Crippen LogP contribution in [0.2, 0.25) is 0 Å². The molecule has 0 amide bonds. The number of aromatic nitrogens is 1. The van der Waals surface area contributed by atoms with E-state index in [1.54, 1.807) is 6.92 Å². The molecule has 0 aliphatic heterocycles. The number of rotatable bonds is 6. The van der Waals surface area contributed by atoms with Gasteiger partial charge in [-0.15, -0.1) is 0 Å². The van der Waals surface area contributed by atoms with Crippen LogP contribution in [0.3, 0.4) is 0 Å². The van der Waals surface area contributed by atoms with Crippen molar-refractivity contribution in [3.05, 3.63) is 24.1 Å². The summed E-state index contributed by atoms with van der Waals surface area (Å²) in [5.41, 5.74) is 4.82. The molecule has 0 fully saturated rings. The average molecular weight is 289 g/mol. The molecule has 7 heteroatoms. The molecule has 1 heterocycles. The summed E-state index contributed by atoms with van der Waals surface area (Å²) in [5, 5.41) is -0.599. The van der Waals surface area contributed by atoms with E-state index in [0.29, 0.717) is 6.42 Å². The highest BCUT2D eigenvalue weighted by Crippen LogP contribution is 2.19. The summed E-state index contributed by atoms with van der Waals surface area (Å²) in [6.07, 6.45) is 1.79. The van der Waals surface area contributed by atoms with Crippen LogP contribution in [0.15, 0.2) is 23.4 Å². The van der Waals surface area contributed by atoms with E-state index in [1.165, 1.54) is 12.3 Å². The molecule has 108 valence electrons. The van der Waals surface area contributed by atoms with Crippen LogP contribution in [0.5, 0.6) is 0 Å². The lowest BCUT2D eigenvalue weighted by Gasteiger charge is -2.30. The Kier molecular flexibility index (Phi) is 5.00. The molecule has 5 nitrogen and oxygen atoms in total. The summed E-state index contributed by atoms with van der Waals surface area (Å²) in [6, 6.07) is 2.40. The number of pyridine rings is 1. The van der Waals surface area contributed by atoms with Crippen molar-refractivity contribution in [1.29, 1.82) is 0 Å². The van der Waals surface area contributed by atoms with Gasteiger partial charge >= 0.3 is 0 Å². The standard InChI is InChI=1S/C12H20FN3O2S/c1-9(2)7-12(3,8-14)16-19(17,18)11-10(13)5-4-6-15-11/h4-6,9,16H,7-8,14H2,1-3H3. The van der Waals surface area contributed by atoms with Crippen LogP contribution < -0.4 is 10.5 Å². The Bertz CT molecular complexity index is 534. The van der Waals surface area contributed by atoms with E-state index in [2.05, 4.69) is 9.71 Å². The SMILES string of the molecule is CC(C)CC(C)(CN)NS(=O)(=O)c1ncccc1F. The number of nitrogens with zero attached hydrogens (tertiary/aromatic N) is 1. The minimum absolute atomic E-state index is 0.124. The van der Waals surface area contributed by atoms with Gasteiger partial charge in [0.1, 0.15) is 0 Å². The van der Waals surface area contributed by atoms with Gasteiger partial charge in [0.25, 0.3) is 10.0 Å². The average Bonchev–Trinajstić information content (AvgIpc) is 2.27. The van der Waals surface area contributed by atoms with Gasteiger partial charge in [0.2, 0.25) is 5.03 Å². The molecule has 0 aliphatic carbocycles. The van der Waals surface area contributed by atoms with Crippen molar-refractivity contribution in [3.63, 3.8) is 0 Å². The minimum Gasteiger partial charge on any atom is -0.329 e. The van der Waals surface area contributed by atoms with Crippen molar-refractivity contribution in [2.45, 2.75) is 37.8 Å². The molecule has 3 N–H and O–H groups in total. The third kappa shape index (κ3) is 4.22. The lowest BCUT2D eigenvalue weighted by Crippen LogP contribution is -2.52. The van der Waals surface area contributed by atoms with E-state index in [0.717, 1.165) is 6.07 Å². The first kappa shape index (κ1) is 16.0. The van der Waals surface area contributed by atoms with Gasteiger partial charge in [-0.3, -0.25) is 0 Å². The number of sulfonamides is 1. The van der Waals surface area contributed by atoms with E-state index in [1.807, 2.05) is 13.8 Å². The van der Waals surface area contributed by atoms with E-state index < -0.39 is 26.4 Å². The van der Waals surface area contributed by atoms with Crippen LogP contribution >= 0.6 is 0 Å². The molecule has 1 rings (SSSR count). The molecule has 0 saturated heterocycles. The lowest BCUT2D eigenvalue weighted by atomic mass is 9.92. The lowest BCUT2D eigenvalue weighted by molar-refractivity contribution is 0.343. The maximum atomic E-state index is 13.5. The largest absolute Gasteiger partial charge is 0.329 e. The molecular weight excluding hydrogens is 269 g/mol. The van der Waals surface area contributed by atoms with Crippen molar-refractivity contribution in [3.8, 4) is 0 Å². The third-order valence-corrected chi connectivity index (χ3v) is 4.24. The van der Waals surface area contributed by atoms with Crippen molar-refractivity contribution in [1.82, 2.24) is 9.71 Å². The fourth-order valence-electron chi connectivity index (χ4n) is 2.01. The molecule has 0 aromatic carbocycles. The van der Waals surface area contributed by atoms with E-state index in [9.17, 15) is 12.8 Å². The van der Waals surface area contributed by atoms with Crippen LogP contribution in [0.1, 0.15) is 27.2 Å². The summed E-state index contributed by atoms with van der Waals surface area (Å²) in [4.78, 5) is 3.58. The normalized spacial score (nSPS) is 15.5. The van der Waals surface area contributed by atoms with Gasteiger partial charge in [-0.1, -0.05) is 13.8 Å². The fourth-order valence-corrected chi connectivity index (χ4v) is 3.45. The Morgan fingerprint density at radius 1 is 1.53 bits per heavy atom. The zero-order valence-electron chi connectivity index (χ0n) is 11.4. The van der Waals surface area contributed by atoms with Crippen molar-refractivity contribution in [2.75, 3.05) is 6.54 Å². The second-order valence-electron chi connectivity index (χ2n) is 5.26. The quantitative estimate of drug-likeness (QED) is 0.825. The molecule has 0 bridgehead atoms. The Hall–Kier alpha value is -1.05. The molecule has 1 unspecified atom stereocenters. The van der Waals surface area contributed by atoms with Gasteiger partial charge < -0.3 is 5.73 Å². The summed E-state index contributed by atoms with van der Waals surface area (Å²) >= 11 is 0. The third-order valence-electron chi connectivity index (χ3n) is 2.67. The molecule has 1 aromatic heterocycles. The van der Waals surface area contributed by atoms with Crippen LogP contribution in [-0.4, -0.2) is 25.5 Å². The molecule has 1 aromatic rings. The van der Waals surface area contributed by atoms with E-state index >= 15 is 0 Å². The Balaban J connectivity index is 3.06. The zero-order chi connectivity index (χ0) is 14.7. The molecule has 0 aliphatic rings. The molecule has 19 heavy (non-hydrogen) atoms. The van der Waals surface area contributed by atoms with Gasteiger partial charge in [-0.05, 0) is 31.4 Å². The summed E-state index contributed by atoms with van der Waals surface area (Å²) in [7, 11) is -4.02. The highest BCUT2D eigenvalue weighted by Gasteiger charge is 2.32. The van der Waals surface area contributed by atoms with Gasteiger partial charge in [0, 0.05) is 18.3 Å². The van der Waals surface area contributed by atoms with Crippen molar-refractivity contribution >= 4 is 10.0 Å². The highest BCUT2D eigenvalue weighted by atomic mass is 32.2. The first-order chi connectivity index (χ1) is 8.70. The maximum Gasteiger partial charge on any atom is 0.261 e. The predicted molar refractivity (Wildman–Crippen MR) is 71.4 cm³/mol. The molecule has 0 saturated carbocycles. The monoisotopic (exact) mass is 289 g/mol. The van der Waals surface area contributed by atoms with Crippen molar-refractivity contribution < 1.29 is 12.8 Å². The summed E-state index contributed by atoms with van der Waals surface area (Å²) < 4.78 is 40.2. The zero-order valence-corrected chi connectivity index (χ0v) is 12.2. The second-order valence-corrected chi connectivity index (χ2v) is 6.86. The maximum absolute atomic E-state index is 13.5. The Morgan fingerprint density at radius 2 is 2.16 bits per heavy atom. The van der Waals surface area contributed by atoms with Crippen LogP contribution in [0.4, 0.5) is 4.39 Å². The first-order valence-electron chi connectivity index (χ1n) is 6.05. The van der Waals surface area contributed by atoms with E-state index in [-0.39, 0.29) is 12.5 Å². The smallest absolute Gasteiger partial charge is 0.261 e. The molecule has 0 radical (unpaired) electrons. The number of hydrogen-bond donors (Lipinski definition) is 2. The fraction of sp³-hybridized carbons (Fsp3) is 0.583.